The predicted molar refractivity (Wildman–Crippen MR) is 74.9 cm³/mol. The molecule has 1 heterocycles. The number of anilines is 1. The second kappa shape index (κ2) is 5.72. The quantitative estimate of drug-likeness (QED) is 0.835. The Kier molecular flexibility index (Phi) is 4.01. The lowest BCUT2D eigenvalue weighted by molar-refractivity contribution is -0.137. The fraction of sp³-hybridized carbons (Fsp3) is 0.357. The van der Waals surface area contributed by atoms with E-state index >= 15 is 0 Å². The van der Waals surface area contributed by atoms with Gasteiger partial charge >= 0.3 is 0 Å². The molecule has 1 aliphatic rings. The van der Waals surface area contributed by atoms with Gasteiger partial charge in [-0.25, -0.2) is 5.01 Å². The van der Waals surface area contributed by atoms with Crippen LogP contribution in [0, 0.1) is 18.3 Å². The maximum absolute atomic E-state index is 11.9. The van der Waals surface area contributed by atoms with E-state index < -0.39 is 12.3 Å². The van der Waals surface area contributed by atoms with Gasteiger partial charge in [0.05, 0.1) is 5.69 Å². The molecule has 0 N–H and O–H groups in total. The number of carbonyl (C=O) groups excluding carboxylic acids is 1. The van der Waals surface area contributed by atoms with Crippen LogP contribution in [0.4, 0.5) is 5.69 Å². The van der Waals surface area contributed by atoms with Gasteiger partial charge in [-0.1, -0.05) is 17.7 Å². The molecule has 1 amide bonds. The van der Waals surface area contributed by atoms with Gasteiger partial charge < -0.3 is 4.74 Å². The Hall–Kier alpha value is -2.39. The van der Waals surface area contributed by atoms with Gasteiger partial charge in [-0.3, -0.25) is 9.69 Å². The number of rotatable bonds is 3. The third-order valence-electron chi connectivity index (χ3n) is 2.99. The van der Waals surface area contributed by atoms with Crippen LogP contribution in [0.2, 0.25) is 0 Å². The monoisotopic (exact) mass is 272 g/mol. The zero-order valence-electron chi connectivity index (χ0n) is 11.7. The standard InChI is InChI=1S/C14H16N4O2/c1-4-20-14-17(3)13(19)12(9-15)16-18(14)11-7-5-10(2)6-8-11/h5-8,14H,4H2,1-3H3/t14-/m1/s1. The molecule has 0 unspecified atom stereocenters. The summed E-state index contributed by atoms with van der Waals surface area (Å²) < 4.78 is 5.57. The summed E-state index contributed by atoms with van der Waals surface area (Å²) in [5, 5.41) is 14.7. The first-order chi connectivity index (χ1) is 9.58. The van der Waals surface area contributed by atoms with Crippen LogP contribution in [0.15, 0.2) is 29.4 Å². The number of ether oxygens (including phenoxy) is 1. The smallest absolute Gasteiger partial charge is 0.288 e. The van der Waals surface area contributed by atoms with Gasteiger partial charge in [0.2, 0.25) is 12.1 Å². The van der Waals surface area contributed by atoms with E-state index in [-0.39, 0.29) is 5.71 Å². The largest absolute Gasteiger partial charge is 0.339 e. The minimum Gasteiger partial charge on any atom is -0.339 e. The van der Waals surface area contributed by atoms with Crippen LogP contribution in [0.3, 0.4) is 0 Å². The average Bonchev–Trinajstić information content (AvgIpc) is 2.45. The lowest BCUT2D eigenvalue weighted by Crippen LogP contribution is -2.55. The van der Waals surface area contributed by atoms with Gasteiger partial charge in [-0.05, 0) is 26.0 Å². The molecule has 6 heteroatoms. The number of nitrogens with zero attached hydrogens (tertiary/aromatic N) is 4. The fourth-order valence-electron chi connectivity index (χ4n) is 1.92. The SMILES string of the molecule is CCO[C@@H]1N(C)C(=O)C(C#N)=NN1c1ccc(C)cc1. The minimum absolute atomic E-state index is 0.149. The number of nitriles is 1. The Morgan fingerprint density at radius 1 is 1.40 bits per heavy atom. The highest BCUT2D eigenvalue weighted by Gasteiger charge is 2.35. The van der Waals surface area contributed by atoms with E-state index in [1.807, 2.05) is 44.2 Å². The highest BCUT2D eigenvalue weighted by molar-refractivity contribution is 6.45. The molecule has 104 valence electrons. The molecule has 20 heavy (non-hydrogen) atoms. The van der Waals surface area contributed by atoms with Gasteiger partial charge in [0.15, 0.2) is 0 Å². The van der Waals surface area contributed by atoms with Crippen molar-refractivity contribution >= 4 is 17.3 Å². The van der Waals surface area contributed by atoms with Gasteiger partial charge in [-0.2, -0.15) is 10.4 Å². The zero-order valence-corrected chi connectivity index (χ0v) is 11.7. The Morgan fingerprint density at radius 2 is 2.05 bits per heavy atom. The zero-order chi connectivity index (χ0) is 14.7. The van der Waals surface area contributed by atoms with Crippen molar-refractivity contribution in [3.8, 4) is 6.07 Å². The van der Waals surface area contributed by atoms with Crippen molar-refractivity contribution in [2.24, 2.45) is 5.10 Å². The summed E-state index contributed by atoms with van der Waals surface area (Å²) in [5.74, 6) is -0.436. The van der Waals surface area contributed by atoms with E-state index in [1.54, 1.807) is 12.1 Å². The van der Waals surface area contributed by atoms with E-state index in [0.29, 0.717) is 6.61 Å². The molecule has 0 saturated heterocycles. The normalized spacial score (nSPS) is 18.8. The maximum atomic E-state index is 11.9. The van der Waals surface area contributed by atoms with Gasteiger partial charge in [0, 0.05) is 13.7 Å². The highest BCUT2D eigenvalue weighted by Crippen LogP contribution is 2.23. The Labute approximate surface area is 117 Å². The summed E-state index contributed by atoms with van der Waals surface area (Å²) in [6, 6.07) is 9.46. The summed E-state index contributed by atoms with van der Waals surface area (Å²) in [4.78, 5) is 13.3. The molecule has 1 aromatic carbocycles. The second-order valence-corrected chi connectivity index (χ2v) is 4.44. The van der Waals surface area contributed by atoms with Crippen LogP contribution >= 0.6 is 0 Å². The summed E-state index contributed by atoms with van der Waals surface area (Å²) in [6.45, 7) is 4.26. The van der Waals surface area contributed by atoms with Crippen molar-refractivity contribution in [3.63, 3.8) is 0 Å². The van der Waals surface area contributed by atoms with Crippen LogP contribution in [-0.2, 0) is 9.53 Å². The van der Waals surface area contributed by atoms with Crippen molar-refractivity contribution in [1.82, 2.24) is 4.90 Å². The molecule has 0 aromatic heterocycles. The molecular formula is C14H16N4O2. The fourth-order valence-corrected chi connectivity index (χ4v) is 1.92. The molecule has 2 rings (SSSR count). The number of amides is 1. The molecule has 1 aliphatic heterocycles. The lowest BCUT2D eigenvalue weighted by Gasteiger charge is -2.38. The molecule has 0 saturated carbocycles. The van der Waals surface area contributed by atoms with Crippen LogP contribution in [-0.4, -0.2) is 36.5 Å². The average molecular weight is 272 g/mol. The number of carbonyl (C=O) groups is 1. The third kappa shape index (κ3) is 2.49. The first-order valence-corrected chi connectivity index (χ1v) is 6.32. The van der Waals surface area contributed by atoms with Crippen LogP contribution in [0.5, 0.6) is 0 Å². The van der Waals surface area contributed by atoms with Crippen molar-refractivity contribution in [3.05, 3.63) is 29.8 Å². The summed E-state index contributed by atoms with van der Waals surface area (Å²) in [6.07, 6.45) is -0.646. The van der Waals surface area contributed by atoms with E-state index in [9.17, 15) is 4.79 Å². The molecule has 0 aliphatic carbocycles. The Bertz CT molecular complexity index is 574. The van der Waals surface area contributed by atoms with Crippen molar-refractivity contribution < 1.29 is 9.53 Å². The van der Waals surface area contributed by atoms with Crippen LogP contribution in [0.25, 0.3) is 0 Å². The number of hydrogen-bond acceptors (Lipinski definition) is 5. The van der Waals surface area contributed by atoms with Gasteiger partial charge in [0.1, 0.15) is 6.07 Å². The van der Waals surface area contributed by atoms with E-state index in [4.69, 9.17) is 10.00 Å². The van der Waals surface area contributed by atoms with Crippen molar-refractivity contribution in [2.45, 2.75) is 20.2 Å². The van der Waals surface area contributed by atoms with Crippen molar-refractivity contribution in [2.75, 3.05) is 18.7 Å². The topological polar surface area (TPSA) is 68.9 Å². The lowest BCUT2D eigenvalue weighted by atomic mass is 10.2. The number of hydrazone groups is 1. The molecular weight excluding hydrogens is 256 g/mol. The Morgan fingerprint density at radius 3 is 2.60 bits per heavy atom. The van der Waals surface area contributed by atoms with E-state index in [1.165, 1.54) is 4.90 Å². The van der Waals surface area contributed by atoms with Gasteiger partial charge in [0.25, 0.3) is 5.91 Å². The number of hydrogen-bond donors (Lipinski definition) is 0. The number of benzene rings is 1. The maximum Gasteiger partial charge on any atom is 0.288 e. The third-order valence-corrected chi connectivity index (χ3v) is 2.99. The summed E-state index contributed by atoms with van der Waals surface area (Å²) >= 11 is 0. The molecule has 0 radical (unpaired) electrons. The first kappa shape index (κ1) is 14.0. The molecule has 0 bridgehead atoms. The van der Waals surface area contributed by atoms with E-state index in [2.05, 4.69) is 5.10 Å². The van der Waals surface area contributed by atoms with Crippen molar-refractivity contribution in [1.29, 1.82) is 5.26 Å². The summed E-state index contributed by atoms with van der Waals surface area (Å²) in [5.41, 5.74) is 1.73. The number of aryl methyl sites for hydroxylation is 1. The Balaban J connectivity index is 2.45. The first-order valence-electron chi connectivity index (χ1n) is 6.32. The predicted octanol–water partition coefficient (Wildman–Crippen LogP) is 1.47. The van der Waals surface area contributed by atoms with Gasteiger partial charge in [-0.15, -0.1) is 0 Å². The molecule has 1 aromatic rings. The minimum atomic E-state index is -0.646. The molecule has 1 atom stereocenters. The highest BCUT2D eigenvalue weighted by atomic mass is 16.5. The van der Waals surface area contributed by atoms with Crippen LogP contribution in [0.1, 0.15) is 12.5 Å². The van der Waals surface area contributed by atoms with E-state index in [0.717, 1.165) is 11.3 Å². The summed E-state index contributed by atoms with van der Waals surface area (Å²) in [7, 11) is 1.59. The van der Waals surface area contributed by atoms with Crippen LogP contribution < -0.4 is 5.01 Å². The molecule has 0 fully saturated rings. The molecule has 6 nitrogen and oxygen atoms in total. The molecule has 0 spiro atoms. The second-order valence-electron chi connectivity index (χ2n) is 4.44.